The lowest BCUT2D eigenvalue weighted by molar-refractivity contribution is -0.870. The Morgan fingerprint density at radius 2 is 1.62 bits per heavy atom. The van der Waals surface area contributed by atoms with Crippen molar-refractivity contribution in [2.24, 2.45) is 0 Å². The van der Waals surface area contributed by atoms with Crippen LogP contribution in [0, 0.1) is 0 Å². The van der Waals surface area contributed by atoms with Gasteiger partial charge in [0.15, 0.2) is 5.78 Å². The summed E-state index contributed by atoms with van der Waals surface area (Å²) in [6, 6.07) is 17.6. The summed E-state index contributed by atoms with van der Waals surface area (Å²) in [4.78, 5) is 13.1. The number of ether oxygens (including phenoxy) is 1. The molecule has 0 bridgehead atoms. The number of rotatable bonds is 8. The van der Waals surface area contributed by atoms with Crippen LogP contribution >= 0.6 is 0 Å². The zero-order valence-electron chi connectivity index (χ0n) is 15.2. The number of carbonyl (C=O) groups is 1. The highest BCUT2D eigenvalue weighted by atomic mass is 16.5. The third-order valence-electron chi connectivity index (χ3n) is 3.86. The van der Waals surface area contributed by atoms with Crippen LogP contribution in [0.15, 0.2) is 54.6 Å². The van der Waals surface area contributed by atoms with Crippen LogP contribution in [0.4, 0.5) is 0 Å². The number of hydrogen-bond donors (Lipinski definition) is 0. The van der Waals surface area contributed by atoms with Crippen LogP contribution in [0.3, 0.4) is 0 Å². The smallest absolute Gasteiger partial charge is 0.175 e. The summed E-state index contributed by atoms with van der Waals surface area (Å²) in [5.74, 6) is 0.834. The zero-order chi connectivity index (χ0) is 17.6. The first-order chi connectivity index (χ1) is 11.4. The van der Waals surface area contributed by atoms with E-state index in [1.807, 2.05) is 54.6 Å². The quantitative estimate of drug-likeness (QED) is 0.538. The van der Waals surface area contributed by atoms with Gasteiger partial charge in [-0.25, -0.2) is 0 Å². The Morgan fingerprint density at radius 1 is 1.00 bits per heavy atom. The van der Waals surface area contributed by atoms with Crippen molar-refractivity contribution in [3.8, 4) is 5.75 Å². The van der Waals surface area contributed by atoms with Crippen LogP contribution in [0.2, 0.25) is 0 Å². The minimum absolute atomic E-state index is 0.145. The fraction of sp³-hybridized carbons (Fsp3) is 0.381. The number of hydrogen-bond acceptors (Lipinski definition) is 2. The Labute approximate surface area is 145 Å². The number of benzene rings is 2. The second kappa shape index (κ2) is 8.11. The number of likely N-dealkylation sites (N-methyl/N-ethyl adjacent to an activating group) is 1. The van der Waals surface area contributed by atoms with Gasteiger partial charge >= 0.3 is 0 Å². The van der Waals surface area contributed by atoms with Gasteiger partial charge in [0, 0.05) is 5.56 Å². The molecule has 1 atom stereocenters. The summed E-state index contributed by atoms with van der Waals surface area (Å²) in [5.41, 5.74) is 1.81. The van der Waals surface area contributed by atoms with E-state index in [4.69, 9.17) is 4.74 Å². The largest absolute Gasteiger partial charge is 0.494 e. The van der Waals surface area contributed by atoms with E-state index in [1.54, 1.807) is 0 Å². The molecule has 1 unspecified atom stereocenters. The number of nitrogens with zero attached hydrogens (tertiary/aromatic N) is 1. The molecule has 0 fully saturated rings. The Morgan fingerprint density at radius 3 is 2.17 bits per heavy atom. The van der Waals surface area contributed by atoms with Gasteiger partial charge in [0.2, 0.25) is 0 Å². The normalized spacial score (nSPS) is 12.7. The van der Waals surface area contributed by atoms with Gasteiger partial charge in [0.25, 0.3) is 0 Å². The van der Waals surface area contributed by atoms with Crippen LogP contribution in [0.5, 0.6) is 5.75 Å². The molecule has 0 aromatic heterocycles. The van der Waals surface area contributed by atoms with Gasteiger partial charge < -0.3 is 9.22 Å². The van der Waals surface area contributed by atoms with Crippen molar-refractivity contribution in [3.05, 3.63) is 65.7 Å². The van der Waals surface area contributed by atoms with Crippen molar-refractivity contribution in [1.29, 1.82) is 0 Å². The van der Waals surface area contributed by atoms with Crippen molar-refractivity contribution in [2.45, 2.75) is 19.3 Å². The van der Waals surface area contributed by atoms with Gasteiger partial charge in [0.05, 0.1) is 40.2 Å². The van der Waals surface area contributed by atoms with Crippen LogP contribution in [-0.2, 0) is 0 Å². The standard InChI is InChI=1S/C21H28NO2/c1-5-15-24-19-13-11-18(12-14-19)21(23)20(16-22(2,3)4)17-9-7-6-8-10-17/h6-14,20H,5,15-16H2,1-4H3/q+1. The van der Waals surface area contributed by atoms with Gasteiger partial charge in [-0.15, -0.1) is 0 Å². The molecule has 0 radical (unpaired) electrons. The van der Waals surface area contributed by atoms with E-state index in [1.165, 1.54) is 0 Å². The van der Waals surface area contributed by atoms with Crippen molar-refractivity contribution in [3.63, 3.8) is 0 Å². The maximum atomic E-state index is 13.1. The first-order valence-electron chi connectivity index (χ1n) is 8.53. The van der Waals surface area contributed by atoms with E-state index in [0.717, 1.165) is 34.3 Å². The van der Waals surface area contributed by atoms with Gasteiger partial charge in [-0.2, -0.15) is 0 Å². The highest BCUT2D eigenvalue weighted by Crippen LogP contribution is 2.24. The molecule has 0 aliphatic rings. The van der Waals surface area contributed by atoms with Crippen LogP contribution < -0.4 is 4.74 Å². The average molecular weight is 326 g/mol. The molecule has 0 amide bonds. The maximum Gasteiger partial charge on any atom is 0.175 e. The molecule has 0 heterocycles. The van der Waals surface area contributed by atoms with E-state index in [9.17, 15) is 4.79 Å². The monoisotopic (exact) mass is 326 g/mol. The molecule has 2 aromatic carbocycles. The van der Waals surface area contributed by atoms with E-state index in [-0.39, 0.29) is 11.7 Å². The van der Waals surface area contributed by atoms with Crippen LogP contribution in [0.25, 0.3) is 0 Å². The fourth-order valence-electron chi connectivity index (χ4n) is 2.71. The zero-order valence-corrected chi connectivity index (χ0v) is 15.2. The SMILES string of the molecule is CCCOc1ccc(C(=O)C(C[N+](C)(C)C)c2ccccc2)cc1. The second-order valence-electron chi connectivity index (χ2n) is 7.17. The second-order valence-corrected chi connectivity index (χ2v) is 7.17. The first kappa shape index (κ1) is 18.2. The molecule has 0 saturated heterocycles. The molecule has 0 spiro atoms. The number of ketones is 1. The summed E-state index contributed by atoms with van der Waals surface area (Å²) in [6.45, 7) is 3.53. The lowest BCUT2D eigenvalue weighted by Gasteiger charge is -2.29. The Bertz CT molecular complexity index is 642. The first-order valence-corrected chi connectivity index (χ1v) is 8.53. The van der Waals surface area contributed by atoms with Crippen molar-refractivity contribution < 1.29 is 14.0 Å². The number of quaternary nitrogens is 1. The molecule has 3 heteroatoms. The summed E-state index contributed by atoms with van der Waals surface area (Å²) >= 11 is 0. The Balaban J connectivity index is 2.24. The molecule has 128 valence electrons. The number of carbonyl (C=O) groups excluding carboxylic acids is 1. The third kappa shape index (κ3) is 5.20. The molecular weight excluding hydrogens is 298 g/mol. The Hall–Kier alpha value is -2.13. The molecule has 2 aromatic rings. The van der Waals surface area contributed by atoms with Gasteiger partial charge in [0.1, 0.15) is 5.75 Å². The minimum atomic E-state index is -0.145. The van der Waals surface area contributed by atoms with Crippen LogP contribution in [0.1, 0.15) is 35.2 Å². The van der Waals surface area contributed by atoms with Crippen LogP contribution in [-0.4, -0.2) is 44.6 Å². The molecular formula is C21H28NO2+. The highest BCUT2D eigenvalue weighted by Gasteiger charge is 2.27. The predicted octanol–water partition coefficient (Wildman–Crippen LogP) is 4.15. The summed E-state index contributed by atoms with van der Waals surface area (Å²) in [5, 5.41) is 0. The third-order valence-corrected chi connectivity index (χ3v) is 3.86. The van der Waals surface area contributed by atoms with E-state index in [0.29, 0.717) is 6.61 Å². The number of Topliss-reactive ketones (excluding diaryl/α,β-unsaturated/α-hetero) is 1. The lowest BCUT2D eigenvalue weighted by atomic mass is 9.90. The van der Waals surface area contributed by atoms with Crippen molar-refractivity contribution in [1.82, 2.24) is 0 Å². The van der Waals surface area contributed by atoms with Crippen molar-refractivity contribution in [2.75, 3.05) is 34.3 Å². The van der Waals surface area contributed by atoms with E-state index in [2.05, 4.69) is 28.1 Å². The van der Waals surface area contributed by atoms with Gasteiger partial charge in [-0.3, -0.25) is 4.79 Å². The molecule has 3 nitrogen and oxygen atoms in total. The minimum Gasteiger partial charge on any atom is -0.494 e. The average Bonchev–Trinajstić information content (AvgIpc) is 2.58. The Kier molecular flexibility index (Phi) is 6.16. The van der Waals surface area contributed by atoms with Crippen molar-refractivity contribution >= 4 is 5.78 Å². The molecule has 0 N–H and O–H groups in total. The summed E-state index contributed by atoms with van der Waals surface area (Å²) < 4.78 is 6.34. The molecule has 0 saturated carbocycles. The predicted molar refractivity (Wildman–Crippen MR) is 98.6 cm³/mol. The summed E-state index contributed by atoms with van der Waals surface area (Å²) in [7, 11) is 6.35. The lowest BCUT2D eigenvalue weighted by Crippen LogP contribution is -2.40. The highest BCUT2D eigenvalue weighted by molar-refractivity contribution is 6.01. The molecule has 0 aliphatic heterocycles. The molecule has 24 heavy (non-hydrogen) atoms. The molecule has 0 aliphatic carbocycles. The maximum absolute atomic E-state index is 13.1. The fourth-order valence-corrected chi connectivity index (χ4v) is 2.71. The molecule has 2 rings (SSSR count). The van der Waals surface area contributed by atoms with E-state index >= 15 is 0 Å². The van der Waals surface area contributed by atoms with Gasteiger partial charge in [-0.05, 0) is 36.2 Å². The van der Waals surface area contributed by atoms with Gasteiger partial charge in [-0.1, -0.05) is 37.3 Å². The summed E-state index contributed by atoms with van der Waals surface area (Å²) in [6.07, 6.45) is 0.972. The van der Waals surface area contributed by atoms with E-state index < -0.39 is 0 Å². The topological polar surface area (TPSA) is 26.3 Å².